The minimum absolute atomic E-state index is 0.275. The maximum atomic E-state index is 6.07. The summed E-state index contributed by atoms with van der Waals surface area (Å²) in [6, 6.07) is 18.9. The molecule has 0 aromatic heterocycles. The first kappa shape index (κ1) is 13.2. The minimum atomic E-state index is 0.275. The number of benzene rings is 2. The van der Waals surface area contributed by atoms with Crippen LogP contribution in [0.5, 0.6) is 0 Å². The Labute approximate surface area is 120 Å². The van der Waals surface area contributed by atoms with Crippen LogP contribution in [0.1, 0.15) is 30.1 Å². The number of hydrogen-bond donors (Lipinski definition) is 1. The molecule has 1 atom stereocenters. The number of ether oxygens (including phenoxy) is 1. The van der Waals surface area contributed by atoms with Gasteiger partial charge in [0.15, 0.2) is 0 Å². The molecule has 0 saturated heterocycles. The van der Waals surface area contributed by atoms with Gasteiger partial charge in [0.1, 0.15) is 0 Å². The number of aryl methyl sites for hydroxylation is 1. The Kier molecular flexibility index (Phi) is 4.34. The van der Waals surface area contributed by atoms with Crippen LogP contribution in [-0.2, 0) is 11.2 Å². The Bertz CT molecular complexity index is 538. The van der Waals surface area contributed by atoms with Crippen LogP contribution < -0.4 is 5.32 Å². The van der Waals surface area contributed by atoms with E-state index in [0.717, 1.165) is 25.3 Å². The molecule has 0 bridgehead atoms. The third-order valence-electron chi connectivity index (χ3n) is 3.84. The maximum absolute atomic E-state index is 6.07. The molecule has 2 aromatic rings. The summed E-state index contributed by atoms with van der Waals surface area (Å²) in [7, 11) is 0. The van der Waals surface area contributed by atoms with Gasteiger partial charge in [-0.3, -0.25) is 0 Å². The van der Waals surface area contributed by atoms with Crippen molar-refractivity contribution in [3.05, 3.63) is 65.7 Å². The SMILES string of the molecule is c1ccc(NCCOC2CCCc3ccccc32)cc1. The van der Waals surface area contributed by atoms with E-state index in [-0.39, 0.29) is 6.10 Å². The molecule has 0 heterocycles. The summed E-state index contributed by atoms with van der Waals surface area (Å²) in [5.41, 5.74) is 4.00. The number of rotatable bonds is 5. The summed E-state index contributed by atoms with van der Waals surface area (Å²) in [6.07, 6.45) is 3.84. The lowest BCUT2D eigenvalue weighted by Gasteiger charge is -2.25. The summed E-state index contributed by atoms with van der Waals surface area (Å²) in [5, 5.41) is 3.38. The second kappa shape index (κ2) is 6.58. The van der Waals surface area contributed by atoms with Gasteiger partial charge in [0.25, 0.3) is 0 Å². The quantitative estimate of drug-likeness (QED) is 0.820. The van der Waals surface area contributed by atoms with Crippen LogP contribution in [-0.4, -0.2) is 13.2 Å². The molecule has 0 radical (unpaired) electrons. The van der Waals surface area contributed by atoms with Crippen molar-refractivity contribution in [2.45, 2.75) is 25.4 Å². The average molecular weight is 267 g/mol. The molecule has 1 aliphatic carbocycles. The first-order valence-electron chi connectivity index (χ1n) is 7.42. The highest BCUT2D eigenvalue weighted by Gasteiger charge is 2.19. The van der Waals surface area contributed by atoms with E-state index in [4.69, 9.17) is 4.74 Å². The summed E-state index contributed by atoms with van der Waals surface area (Å²) < 4.78 is 6.07. The van der Waals surface area contributed by atoms with Crippen LogP contribution >= 0.6 is 0 Å². The molecule has 2 nitrogen and oxygen atoms in total. The zero-order valence-electron chi connectivity index (χ0n) is 11.7. The maximum Gasteiger partial charge on any atom is 0.0828 e. The Morgan fingerprint density at radius 3 is 2.70 bits per heavy atom. The molecule has 1 N–H and O–H groups in total. The first-order chi connectivity index (χ1) is 9.93. The molecule has 104 valence electrons. The zero-order valence-corrected chi connectivity index (χ0v) is 11.7. The van der Waals surface area contributed by atoms with Gasteiger partial charge < -0.3 is 10.1 Å². The van der Waals surface area contributed by atoms with Gasteiger partial charge in [-0.05, 0) is 42.5 Å². The summed E-state index contributed by atoms with van der Waals surface area (Å²) in [4.78, 5) is 0. The van der Waals surface area contributed by atoms with E-state index in [0.29, 0.717) is 0 Å². The summed E-state index contributed by atoms with van der Waals surface area (Å²) in [6.45, 7) is 1.59. The predicted octanol–water partition coefficient (Wildman–Crippen LogP) is 4.19. The zero-order chi connectivity index (χ0) is 13.6. The lowest BCUT2D eigenvalue weighted by Crippen LogP contribution is -2.17. The smallest absolute Gasteiger partial charge is 0.0828 e. The molecule has 1 aliphatic rings. The van der Waals surface area contributed by atoms with Crippen molar-refractivity contribution >= 4 is 5.69 Å². The Morgan fingerprint density at radius 1 is 1.00 bits per heavy atom. The molecule has 0 saturated carbocycles. The molecule has 0 spiro atoms. The van der Waals surface area contributed by atoms with E-state index in [1.165, 1.54) is 24.0 Å². The third kappa shape index (κ3) is 3.20. The molecule has 2 aromatic carbocycles. The second-order valence-electron chi connectivity index (χ2n) is 5.24. The fourth-order valence-electron chi connectivity index (χ4n) is 2.84. The molecule has 0 aliphatic heterocycles. The Morgan fingerprint density at radius 2 is 1.80 bits per heavy atom. The number of anilines is 1. The Balaban J connectivity index is 1.50. The molecule has 2 heteroatoms. The van der Waals surface area contributed by atoms with E-state index in [9.17, 15) is 0 Å². The van der Waals surface area contributed by atoms with Crippen LogP contribution in [0.4, 0.5) is 5.69 Å². The minimum Gasteiger partial charge on any atom is -0.383 e. The van der Waals surface area contributed by atoms with Crippen molar-refractivity contribution in [3.63, 3.8) is 0 Å². The topological polar surface area (TPSA) is 21.3 Å². The van der Waals surface area contributed by atoms with Crippen LogP contribution in [0, 0.1) is 0 Å². The van der Waals surface area contributed by atoms with Crippen molar-refractivity contribution in [2.75, 3.05) is 18.5 Å². The molecular weight excluding hydrogens is 246 g/mol. The monoisotopic (exact) mass is 267 g/mol. The number of nitrogens with one attached hydrogen (secondary N) is 1. The van der Waals surface area contributed by atoms with Crippen LogP contribution in [0.3, 0.4) is 0 Å². The second-order valence-corrected chi connectivity index (χ2v) is 5.24. The molecule has 0 amide bonds. The standard InChI is InChI=1S/C18H21NO/c1-2-9-16(10-3-1)19-13-14-20-18-12-6-8-15-7-4-5-11-17(15)18/h1-5,7,9-11,18-19H,6,8,12-14H2. The molecule has 3 rings (SSSR count). The highest BCUT2D eigenvalue weighted by molar-refractivity contribution is 5.42. The molecule has 20 heavy (non-hydrogen) atoms. The van der Waals surface area contributed by atoms with Crippen molar-refractivity contribution in [1.29, 1.82) is 0 Å². The third-order valence-corrected chi connectivity index (χ3v) is 3.84. The lowest BCUT2D eigenvalue weighted by atomic mass is 9.89. The van der Waals surface area contributed by atoms with Crippen LogP contribution in [0.15, 0.2) is 54.6 Å². The van der Waals surface area contributed by atoms with Crippen LogP contribution in [0.25, 0.3) is 0 Å². The number of hydrogen-bond acceptors (Lipinski definition) is 2. The number of fused-ring (bicyclic) bond motifs is 1. The normalized spacial score (nSPS) is 17.5. The van der Waals surface area contributed by atoms with Gasteiger partial charge >= 0.3 is 0 Å². The highest BCUT2D eigenvalue weighted by atomic mass is 16.5. The van der Waals surface area contributed by atoms with Crippen molar-refractivity contribution < 1.29 is 4.74 Å². The van der Waals surface area contributed by atoms with E-state index < -0.39 is 0 Å². The van der Waals surface area contributed by atoms with Gasteiger partial charge in [-0.1, -0.05) is 42.5 Å². The van der Waals surface area contributed by atoms with E-state index in [1.807, 2.05) is 18.2 Å². The summed E-state index contributed by atoms with van der Waals surface area (Å²) >= 11 is 0. The largest absolute Gasteiger partial charge is 0.383 e. The number of para-hydroxylation sites is 1. The fraction of sp³-hybridized carbons (Fsp3) is 0.333. The summed E-state index contributed by atoms with van der Waals surface area (Å²) in [5.74, 6) is 0. The van der Waals surface area contributed by atoms with Gasteiger partial charge in [-0.15, -0.1) is 0 Å². The van der Waals surface area contributed by atoms with Gasteiger partial charge in [0.2, 0.25) is 0 Å². The van der Waals surface area contributed by atoms with Crippen LogP contribution in [0.2, 0.25) is 0 Å². The van der Waals surface area contributed by atoms with Gasteiger partial charge in [-0.2, -0.15) is 0 Å². The van der Waals surface area contributed by atoms with E-state index >= 15 is 0 Å². The van der Waals surface area contributed by atoms with Crippen molar-refractivity contribution in [3.8, 4) is 0 Å². The van der Waals surface area contributed by atoms with Crippen molar-refractivity contribution in [2.24, 2.45) is 0 Å². The van der Waals surface area contributed by atoms with Gasteiger partial charge in [0.05, 0.1) is 12.7 Å². The molecular formula is C18H21NO. The predicted molar refractivity (Wildman–Crippen MR) is 83.0 cm³/mol. The molecule has 1 unspecified atom stereocenters. The average Bonchev–Trinajstić information content (AvgIpc) is 2.53. The van der Waals surface area contributed by atoms with Gasteiger partial charge in [0, 0.05) is 12.2 Å². The van der Waals surface area contributed by atoms with E-state index in [1.54, 1.807) is 0 Å². The van der Waals surface area contributed by atoms with Gasteiger partial charge in [-0.25, -0.2) is 0 Å². The Hall–Kier alpha value is -1.80. The highest BCUT2D eigenvalue weighted by Crippen LogP contribution is 2.32. The fourth-order valence-corrected chi connectivity index (χ4v) is 2.84. The first-order valence-corrected chi connectivity index (χ1v) is 7.42. The van der Waals surface area contributed by atoms with Crippen molar-refractivity contribution in [1.82, 2.24) is 0 Å². The molecule has 0 fully saturated rings. The van der Waals surface area contributed by atoms with E-state index in [2.05, 4.69) is 41.7 Å². The lowest BCUT2D eigenvalue weighted by molar-refractivity contribution is 0.0477.